The first kappa shape index (κ1) is 21.4. The summed E-state index contributed by atoms with van der Waals surface area (Å²) >= 11 is 0. The Bertz CT molecular complexity index is 856. The molecule has 0 fully saturated rings. The number of aryl methyl sites for hydroxylation is 1. The molecule has 2 rings (SSSR count). The molecule has 28 heavy (non-hydrogen) atoms. The van der Waals surface area contributed by atoms with Gasteiger partial charge in [-0.05, 0) is 49.9 Å². The van der Waals surface area contributed by atoms with Crippen LogP contribution < -0.4 is 11.1 Å². The van der Waals surface area contributed by atoms with Crippen molar-refractivity contribution in [3.8, 4) is 11.1 Å². The second-order valence-corrected chi connectivity index (χ2v) is 7.81. The smallest absolute Gasteiger partial charge is 0.408 e. The van der Waals surface area contributed by atoms with E-state index >= 15 is 0 Å². The Labute approximate surface area is 165 Å². The Kier molecular flexibility index (Phi) is 6.80. The van der Waals surface area contributed by atoms with E-state index in [0.717, 1.165) is 27.8 Å². The van der Waals surface area contributed by atoms with Crippen LogP contribution in [0.1, 0.15) is 37.5 Å². The quantitative estimate of drug-likeness (QED) is 0.706. The molecule has 6 nitrogen and oxygen atoms in total. The van der Waals surface area contributed by atoms with Crippen molar-refractivity contribution >= 4 is 12.1 Å². The van der Waals surface area contributed by atoms with Gasteiger partial charge in [0.2, 0.25) is 0 Å². The predicted molar refractivity (Wildman–Crippen MR) is 109 cm³/mol. The van der Waals surface area contributed by atoms with Gasteiger partial charge in [-0.25, -0.2) is 9.59 Å². The van der Waals surface area contributed by atoms with Crippen molar-refractivity contribution in [2.24, 2.45) is 5.73 Å². The highest BCUT2D eigenvalue weighted by Gasteiger charge is 2.24. The molecule has 0 saturated heterocycles. The van der Waals surface area contributed by atoms with E-state index in [-0.39, 0.29) is 6.42 Å². The monoisotopic (exact) mass is 384 g/mol. The van der Waals surface area contributed by atoms with Gasteiger partial charge in [0.1, 0.15) is 11.6 Å². The molecule has 0 saturated carbocycles. The molecule has 0 bridgehead atoms. The maximum Gasteiger partial charge on any atom is 0.408 e. The van der Waals surface area contributed by atoms with Crippen LogP contribution in [0.2, 0.25) is 0 Å². The zero-order chi connectivity index (χ0) is 20.9. The molecule has 0 aliphatic heterocycles. The van der Waals surface area contributed by atoms with Gasteiger partial charge < -0.3 is 20.9 Å². The lowest BCUT2D eigenvalue weighted by atomic mass is 9.94. The van der Waals surface area contributed by atoms with Crippen molar-refractivity contribution < 1.29 is 19.4 Å². The number of carbonyl (C=O) groups is 2. The van der Waals surface area contributed by atoms with Gasteiger partial charge in [0, 0.05) is 13.0 Å². The van der Waals surface area contributed by atoms with E-state index in [2.05, 4.69) is 11.4 Å². The van der Waals surface area contributed by atoms with Crippen LogP contribution in [-0.4, -0.2) is 28.8 Å². The minimum Gasteiger partial charge on any atom is -0.480 e. The lowest BCUT2D eigenvalue weighted by molar-refractivity contribution is -0.139. The molecule has 150 valence electrons. The fourth-order valence-corrected chi connectivity index (χ4v) is 2.92. The lowest BCUT2D eigenvalue weighted by Crippen LogP contribution is -2.44. The highest BCUT2D eigenvalue weighted by atomic mass is 16.6. The number of carboxylic acids is 1. The van der Waals surface area contributed by atoms with Crippen molar-refractivity contribution in [1.82, 2.24) is 5.32 Å². The van der Waals surface area contributed by atoms with Crippen molar-refractivity contribution in [3.63, 3.8) is 0 Å². The molecule has 0 aliphatic rings. The van der Waals surface area contributed by atoms with Gasteiger partial charge in [-0.3, -0.25) is 0 Å². The summed E-state index contributed by atoms with van der Waals surface area (Å²) in [4.78, 5) is 23.5. The van der Waals surface area contributed by atoms with Gasteiger partial charge in [0.15, 0.2) is 0 Å². The van der Waals surface area contributed by atoms with Gasteiger partial charge >= 0.3 is 12.1 Å². The molecule has 0 heterocycles. The number of amides is 1. The largest absolute Gasteiger partial charge is 0.480 e. The first-order valence-electron chi connectivity index (χ1n) is 9.20. The summed E-state index contributed by atoms with van der Waals surface area (Å²) in [5, 5.41) is 11.9. The van der Waals surface area contributed by atoms with E-state index < -0.39 is 23.7 Å². The molecular formula is C22H28N2O4. The van der Waals surface area contributed by atoms with E-state index in [1.807, 2.05) is 43.3 Å². The normalized spacial score (nSPS) is 12.3. The molecule has 0 aromatic heterocycles. The first-order chi connectivity index (χ1) is 13.1. The number of aliphatic carboxylic acids is 1. The van der Waals surface area contributed by atoms with Gasteiger partial charge in [-0.2, -0.15) is 0 Å². The third-order valence-corrected chi connectivity index (χ3v) is 4.15. The molecule has 0 aliphatic carbocycles. The van der Waals surface area contributed by atoms with Crippen molar-refractivity contribution in [2.75, 3.05) is 0 Å². The summed E-state index contributed by atoms with van der Waals surface area (Å²) < 4.78 is 5.16. The van der Waals surface area contributed by atoms with Gasteiger partial charge in [-0.15, -0.1) is 0 Å². The van der Waals surface area contributed by atoms with E-state index in [9.17, 15) is 14.7 Å². The average molecular weight is 384 g/mol. The summed E-state index contributed by atoms with van der Waals surface area (Å²) in [6.45, 7) is 7.52. The number of carbonyl (C=O) groups excluding carboxylic acids is 1. The number of carboxylic acid groups (broad SMARTS) is 1. The van der Waals surface area contributed by atoms with Gasteiger partial charge in [0.05, 0.1) is 0 Å². The summed E-state index contributed by atoms with van der Waals surface area (Å²) in [7, 11) is 0. The minimum absolute atomic E-state index is 0.135. The standard InChI is InChI=1S/C22H28N2O4/c1-14-6-5-7-16(10-14)18-9-8-15(11-17(18)13-23)12-19(20(25)26)24-21(27)28-22(2,3)4/h5-11,19H,12-13,23H2,1-4H3,(H,24,27)(H,25,26). The SMILES string of the molecule is Cc1cccc(-c2ccc(CC(NC(=O)OC(C)(C)C)C(=O)O)cc2CN)c1. The minimum atomic E-state index is -1.12. The first-order valence-corrected chi connectivity index (χ1v) is 9.20. The molecule has 1 amide bonds. The molecule has 1 unspecified atom stereocenters. The Morgan fingerprint density at radius 2 is 1.89 bits per heavy atom. The molecule has 2 aromatic carbocycles. The summed E-state index contributed by atoms with van der Waals surface area (Å²) in [6.07, 6.45) is -0.620. The van der Waals surface area contributed by atoms with Crippen LogP contribution in [0.3, 0.4) is 0 Å². The molecule has 0 spiro atoms. The third kappa shape index (κ3) is 6.09. The van der Waals surface area contributed by atoms with Crippen LogP contribution in [0.4, 0.5) is 4.79 Å². The number of hydrogen-bond acceptors (Lipinski definition) is 4. The van der Waals surface area contributed by atoms with E-state index in [0.29, 0.717) is 6.54 Å². The van der Waals surface area contributed by atoms with Crippen LogP contribution >= 0.6 is 0 Å². The number of nitrogens with two attached hydrogens (primary N) is 1. The number of rotatable bonds is 6. The Morgan fingerprint density at radius 3 is 2.46 bits per heavy atom. The zero-order valence-electron chi connectivity index (χ0n) is 16.8. The maximum absolute atomic E-state index is 11.9. The molecular weight excluding hydrogens is 356 g/mol. The Morgan fingerprint density at radius 1 is 1.18 bits per heavy atom. The van der Waals surface area contributed by atoms with Crippen molar-refractivity contribution in [1.29, 1.82) is 0 Å². The lowest BCUT2D eigenvalue weighted by Gasteiger charge is -2.22. The summed E-state index contributed by atoms with van der Waals surface area (Å²) in [5.74, 6) is -1.12. The second kappa shape index (κ2) is 8.89. The molecule has 2 aromatic rings. The maximum atomic E-state index is 11.9. The van der Waals surface area contributed by atoms with Crippen molar-refractivity contribution in [2.45, 2.75) is 52.3 Å². The van der Waals surface area contributed by atoms with Gasteiger partial charge in [-0.1, -0.05) is 48.0 Å². The second-order valence-electron chi connectivity index (χ2n) is 7.81. The number of ether oxygens (including phenoxy) is 1. The molecule has 1 atom stereocenters. The number of benzene rings is 2. The molecule has 4 N–H and O–H groups in total. The van der Waals surface area contributed by atoms with Crippen LogP contribution in [0.5, 0.6) is 0 Å². The summed E-state index contributed by atoms with van der Waals surface area (Å²) in [6, 6.07) is 12.7. The predicted octanol–water partition coefficient (Wildman–Crippen LogP) is 3.64. The zero-order valence-corrected chi connectivity index (χ0v) is 16.8. The fourth-order valence-electron chi connectivity index (χ4n) is 2.92. The van der Waals surface area contributed by atoms with Gasteiger partial charge in [0.25, 0.3) is 0 Å². The summed E-state index contributed by atoms with van der Waals surface area (Å²) in [5.41, 5.74) is 10.2. The number of alkyl carbamates (subject to hydrolysis) is 1. The number of hydrogen-bond donors (Lipinski definition) is 3. The van der Waals surface area contributed by atoms with Crippen LogP contribution in [0, 0.1) is 6.92 Å². The highest BCUT2D eigenvalue weighted by Crippen LogP contribution is 2.26. The fraction of sp³-hybridized carbons (Fsp3) is 0.364. The average Bonchev–Trinajstić information content (AvgIpc) is 2.59. The molecule has 6 heteroatoms. The van der Waals surface area contributed by atoms with Crippen LogP contribution in [0.15, 0.2) is 42.5 Å². The van der Waals surface area contributed by atoms with E-state index in [1.54, 1.807) is 20.8 Å². The third-order valence-electron chi connectivity index (χ3n) is 4.15. The topological polar surface area (TPSA) is 102 Å². The van der Waals surface area contributed by atoms with E-state index in [1.165, 1.54) is 0 Å². The Balaban J connectivity index is 2.22. The highest BCUT2D eigenvalue weighted by molar-refractivity contribution is 5.80. The van der Waals surface area contributed by atoms with Crippen LogP contribution in [0.25, 0.3) is 11.1 Å². The molecule has 0 radical (unpaired) electrons. The van der Waals surface area contributed by atoms with Crippen LogP contribution in [-0.2, 0) is 22.5 Å². The number of nitrogens with one attached hydrogen (secondary N) is 1. The van der Waals surface area contributed by atoms with Crippen molar-refractivity contribution in [3.05, 3.63) is 59.2 Å². The van der Waals surface area contributed by atoms with E-state index in [4.69, 9.17) is 10.5 Å². The Hall–Kier alpha value is -2.86.